The average molecular weight is 635 g/mol. The van der Waals surface area contributed by atoms with E-state index >= 15 is 0 Å². The molecule has 0 N–H and O–H groups in total. The van der Waals surface area contributed by atoms with E-state index in [9.17, 15) is 0 Å². The van der Waals surface area contributed by atoms with Gasteiger partial charge in [-0.15, -0.1) is 48.8 Å². The second-order valence-corrected chi connectivity index (χ2v) is 16.0. The zero-order chi connectivity index (χ0) is 28.7. The summed E-state index contributed by atoms with van der Waals surface area (Å²) in [4.78, 5) is 0. The summed E-state index contributed by atoms with van der Waals surface area (Å²) in [7, 11) is 0. The Morgan fingerprint density at radius 1 is 0.553 bits per heavy atom. The highest BCUT2D eigenvalue weighted by Gasteiger charge is 2.11. The Kier molecular flexibility index (Phi) is 36.2. The minimum atomic E-state index is 0.347. The molecule has 2 nitrogen and oxygen atoms in total. The summed E-state index contributed by atoms with van der Waals surface area (Å²) in [6, 6.07) is 4.48. The molecule has 0 spiro atoms. The molecule has 2 atom stereocenters. The summed E-state index contributed by atoms with van der Waals surface area (Å²) in [6.07, 6.45) is 27.5. The van der Waals surface area contributed by atoms with Gasteiger partial charge in [-0.05, 0) is 12.8 Å². The van der Waals surface area contributed by atoms with Crippen LogP contribution in [0.4, 0.5) is 0 Å². The number of rotatable bonds is 24. The van der Waals surface area contributed by atoms with Crippen LogP contribution in [-0.2, 0) is 0 Å². The van der Waals surface area contributed by atoms with Crippen molar-refractivity contribution in [3.05, 3.63) is 0 Å². The standard InChI is InChI=1S/2C15H27NS3/c2*1-2-3-4-5-6-7-8-9-10-11-14(12-13-16)19-15(17)18/h2*14H,2-12H2,1H3,(H,17,18). The summed E-state index contributed by atoms with van der Waals surface area (Å²) in [6.45, 7) is 4.51. The van der Waals surface area contributed by atoms with E-state index in [0.717, 1.165) is 12.8 Å². The molecule has 0 radical (unpaired) electrons. The van der Waals surface area contributed by atoms with Gasteiger partial charge in [0.15, 0.2) is 0 Å². The lowest BCUT2D eigenvalue weighted by Gasteiger charge is -2.11. The Morgan fingerprint density at radius 2 is 0.816 bits per heavy atom. The van der Waals surface area contributed by atoms with Gasteiger partial charge in [0, 0.05) is 23.3 Å². The first kappa shape index (κ1) is 40.7. The number of unbranched alkanes of at least 4 members (excludes halogenated alkanes) is 16. The second kappa shape index (κ2) is 33.8. The molecule has 0 aromatic heterocycles. The van der Waals surface area contributed by atoms with E-state index in [0.29, 0.717) is 30.4 Å². The number of thioether (sulfide) groups is 2. The third kappa shape index (κ3) is 34.6. The van der Waals surface area contributed by atoms with Gasteiger partial charge in [-0.1, -0.05) is 154 Å². The van der Waals surface area contributed by atoms with Crippen LogP contribution in [0.25, 0.3) is 0 Å². The summed E-state index contributed by atoms with van der Waals surface area (Å²) in [5.41, 5.74) is 0. The Balaban J connectivity index is 0. The Labute approximate surface area is 266 Å². The van der Waals surface area contributed by atoms with Crippen LogP contribution in [0.2, 0.25) is 0 Å². The van der Waals surface area contributed by atoms with Crippen molar-refractivity contribution >= 4 is 80.3 Å². The summed E-state index contributed by atoms with van der Waals surface area (Å²) < 4.78 is 1.33. The fourth-order valence-electron chi connectivity index (χ4n) is 4.26. The number of nitriles is 2. The summed E-state index contributed by atoms with van der Waals surface area (Å²) in [5, 5.41) is 18.2. The van der Waals surface area contributed by atoms with Gasteiger partial charge in [-0.2, -0.15) is 10.5 Å². The molecule has 0 saturated carbocycles. The first-order valence-corrected chi connectivity index (χ1v) is 18.4. The first-order valence-electron chi connectivity index (χ1n) is 14.9. The largest absolute Gasteiger partial charge is 0.198 e. The van der Waals surface area contributed by atoms with Crippen LogP contribution in [0.1, 0.15) is 155 Å². The first-order chi connectivity index (χ1) is 18.4. The van der Waals surface area contributed by atoms with Crippen molar-refractivity contribution in [1.82, 2.24) is 0 Å². The molecule has 0 fully saturated rings. The number of hydrogen-bond acceptors (Lipinski definition) is 6. The van der Waals surface area contributed by atoms with Crippen LogP contribution in [0.3, 0.4) is 0 Å². The molecule has 38 heavy (non-hydrogen) atoms. The number of thiocarbonyl (C=S) groups is 2. The fraction of sp³-hybridized carbons (Fsp3) is 0.867. The quantitative estimate of drug-likeness (QED) is 0.0626. The smallest absolute Gasteiger partial charge is 0.101 e. The molecule has 0 aliphatic heterocycles. The molecule has 0 heterocycles. The number of hydrogen-bond donors (Lipinski definition) is 2. The molecular formula is C30H54N2S6. The summed E-state index contributed by atoms with van der Waals surface area (Å²) >= 11 is 21.4. The molecule has 0 bridgehead atoms. The van der Waals surface area contributed by atoms with Crippen LogP contribution < -0.4 is 0 Å². The van der Waals surface area contributed by atoms with E-state index in [4.69, 9.17) is 35.0 Å². The normalized spacial score (nSPS) is 12.1. The van der Waals surface area contributed by atoms with Gasteiger partial charge in [0.05, 0.1) is 12.1 Å². The van der Waals surface area contributed by atoms with Crippen molar-refractivity contribution in [2.75, 3.05) is 0 Å². The lowest BCUT2D eigenvalue weighted by molar-refractivity contribution is 0.553. The third-order valence-electron chi connectivity index (χ3n) is 6.43. The van der Waals surface area contributed by atoms with Gasteiger partial charge in [-0.3, -0.25) is 0 Å². The van der Waals surface area contributed by atoms with E-state index in [1.165, 1.54) is 116 Å². The molecule has 0 aliphatic rings. The highest BCUT2D eigenvalue weighted by molar-refractivity contribution is 8.42. The van der Waals surface area contributed by atoms with Crippen LogP contribution in [0, 0.1) is 22.7 Å². The van der Waals surface area contributed by atoms with Gasteiger partial charge in [0.1, 0.15) is 7.06 Å². The van der Waals surface area contributed by atoms with Crippen molar-refractivity contribution in [3.8, 4) is 12.1 Å². The fourth-order valence-corrected chi connectivity index (χ4v) is 7.43. The van der Waals surface area contributed by atoms with Crippen LogP contribution >= 0.6 is 73.2 Å². The molecule has 0 rings (SSSR count). The van der Waals surface area contributed by atoms with E-state index in [1.54, 1.807) is 23.5 Å². The molecule has 8 heteroatoms. The lowest BCUT2D eigenvalue weighted by atomic mass is 10.1. The molecule has 2 unspecified atom stereocenters. The zero-order valence-corrected chi connectivity index (χ0v) is 29.2. The van der Waals surface area contributed by atoms with Gasteiger partial charge < -0.3 is 0 Å². The average Bonchev–Trinajstić information content (AvgIpc) is 2.86. The van der Waals surface area contributed by atoms with Crippen molar-refractivity contribution in [3.63, 3.8) is 0 Å². The van der Waals surface area contributed by atoms with E-state index in [1.807, 2.05) is 0 Å². The topological polar surface area (TPSA) is 47.6 Å². The predicted molar refractivity (Wildman–Crippen MR) is 190 cm³/mol. The molecule has 0 saturated heterocycles. The Bertz CT molecular complexity index is 575. The van der Waals surface area contributed by atoms with Crippen LogP contribution in [0.5, 0.6) is 0 Å². The molecule has 0 aromatic carbocycles. The third-order valence-corrected chi connectivity index (χ3v) is 9.52. The maximum atomic E-state index is 8.76. The minimum Gasteiger partial charge on any atom is -0.198 e. The maximum Gasteiger partial charge on any atom is 0.101 e. The molecule has 0 aliphatic carbocycles. The molecular weight excluding hydrogens is 581 g/mol. The number of thiol groups is 2. The Hall–Kier alpha value is 0.560. The number of nitrogens with zero attached hydrogens (tertiary/aromatic N) is 2. The van der Waals surface area contributed by atoms with Gasteiger partial charge in [0.25, 0.3) is 0 Å². The van der Waals surface area contributed by atoms with E-state index in [2.05, 4.69) is 51.2 Å². The van der Waals surface area contributed by atoms with Crippen molar-refractivity contribution < 1.29 is 0 Å². The molecule has 220 valence electrons. The van der Waals surface area contributed by atoms with Gasteiger partial charge in [-0.25, -0.2) is 0 Å². The van der Waals surface area contributed by atoms with E-state index < -0.39 is 0 Å². The highest BCUT2D eigenvalue weighted by atomic mass is 32.2. The predicted octanol–water partition coefficient (Wildman–Crippen LogP) is 12.3. The maximum absolute atomic E-state index is 8.76. The SMILES string of the molecule is CCCCCCCCCCCC(CC#N)SC(=S)S.CCCCCCCCCCCC(CC#N)SC(=S)S. The second-order valence-electron chi connectivity index (χ2n) is 9.97. The highest BCUT2D eigenvalue weighted by Crippen LogP contribution is 2.25. The Morgan fingerprint density at radius 3 is 1.05 bits per heavy atom. The monoisotopic (exact) mass is 634 g/mol. The van der Waals surface area contributed by atoms with Crippen molar-refractivity contribution in [2.45, 2.75) is 166 Å². The van der Waals surface area contributed by atoms with Crippen molar-refractivity contribution in [2.24, 2.45) is 0 Å². The molecule has 0 amide bonds. The molecule has 0 aromatic rings. The minimum absolute atomic E-state index is 0.347. The van der Waals surface area contributed by atoms with Crippen molar-refractivity contribution in [1.29, 1.82) is 10.5 Å². The van der Waals surface area contributed by atoms with Gasteiger partial charge >= 0.3 is 0 Å². The lowest BCUT2D eigenvalue weighted by Crippen LogP contribution is -2.03. The zero-order valence-electron chi connectivity index (χ0n) is 24.1. The van der Waals surface area contributed by atoms with Crippen LogP contribution in [-0.4, -0.2) is 17.6 Å². The van der Waals surface area contributed by atoms with Crippen LogP contribution in [0.15, 0.2) is 0 Å². The van der Waals surface area contributed by atoms with Gasteiger partial charge in [0.2, 0.25) is 0 Å². The van der Waals surface area contributed by atoms with E-state index in [-0.39, 0.29) is 0 Å². The summed E-state index contributed by atoms with van der Waals surface area (Å²) in [5.74, 6) is 0.